The maximum absolute atomic E-state index is 12.2. The summed E-state index contributed by atoms with van der Waals surface area (Å²) in [6.45, 7) is 3.22. The van der Waals surface area contributed by atoms with Crippen LogP contribution in [0.2, 0.25) is 0 Å². The van der Waals surface area contributed by atoms with Crippen LogP contribution in [0, 0.1) is 6.92 Å². The number of aliphatic hydroxyl groups excluding tert-OH is 1. The summed E-state index contributed by atoms with van der Waals surface area (Å²) in [4.78, 5) is 18.2. The Balaban J connectivity index is 1.56. The minimum atomic E-state index is -0.387. The molecule has 5 heteroatoms. The van der Waals surface area contributed by atoms with Crippen LogP contribution in [0.25, 0.3) is 11.3 Å². The standard InChI is InChI=1S/C18H22N2O3/c1-13-4-6-14(7-5-13)16-11-19-17(23-16)8-9-18(22)20-10-2-3-15(21)12-20/h4-7,11,15,21H,2-3,8-10,12H2,1H3. The van der Waals surface area contributed by atoms with Crippen LogP contribution in [-0.4, -0.2) is 40.1 Å². The molecule has 1 saturated heterocycles. The maximum Gasteiger partial charge on any atom is 0.223 e. The van der Waals surface area contributed by atoms with Gasteiger partial charge in [-0.05, 0) is 19.8 Å². The van der Waals surface area contributed by atoms with E-state index in [1.165, 1.54) is 5.56 Å². The van der Waals surface area contributed by atoms with Crippen LogP contribution in [0.15, 0.2) is 34.9 Å². The number of oxazole rings is 1. The zero-order valence-electron chi connectivity index (χ0n) is 13.4. The van der Waals surface area contributed by atoms with Gasteiger partial charge >= 0.3 is 0 Å². The second-order valence-electron chi connectivity index (χ2n) is 6.12. The Morgan fingerprint density at radius 3 is 2.91 bits per heavy atom. The van der Waals surface area contributed by atoms with Gasteiger partial charge in [-0.25, -0.2) is 4.98 Å². The molecule has 122 valence electrons. The van der Waals surface area contributed by atoms with Gasteiger partial charge in [0, 0.05) is 31.5 Å². The number of piperidine rings is 1. The molecule has 3 rings (SSSR count). The van der Waals surface area contributed by atoms with E-state index in [0.29, 0.717) is 25.3 Å². The second-order valence-corrected chi connectivity index (χ2v) is 6.12. The number of aromatic nitrogens is 1. The van der Waals surface area contributed by atoms with Crippen molar-refractivity contribution < 1.29 is 14.3 Å². The molecule has 1 fully saturated rings. The molecule has 1 atom stereocenters. The van der Waals surface area contributed by atoms with E-state index >= 15 is 0 Å². The van der Waals surface area contributed by atoms with E-state index in [-0.39, 0.29) is 12.0 Å². The predicted octanol–water partition coefficient (Wildman–Crippen LogP) is 2.57. The summed E-state index contributed by atoms with van der Waals surface area (Å²) in [7, 11) is 0. The molecule has 2 heterocycles. The number of amides is 1. The molecule has 1 aliphatic heterocycles. The molecule has 0 radical (unpaired) electrons. The summed E-state index contributed by atoms with van der Waals surface area (Å²) >= 11 is 0. The number of likely N-dealkylation sites (tertiary alicyclic amines) is 1. The van der Waals surface area contributed by atoms with E-state index < -0.39 is 0 Å². The Kier molecular flexibility index (Phi) is 4.76. The minimum absolute atomic E-state index is 0.0545. The van der Waals surface area contributed by atoms with Crippen molar-refractivity contribution in [2.45, 2.75) is 38.7 Å². The third kappa shape index (κ3) is 3.99. The molecule has 0 saturated carbocycles. The lowest BCUT2D eigenvalue weighted by molar-refractivity contribution is -0.134. The molecule has 1 unspecified atom stereocenters. The van der Waals surface area contributed by atoms with Crippen molar-refractivity contribution in [1.29, 1.82) is 0 Å². The van der Waals surface area contributed by atoms with Crippen molar-refractivity contribution >= 4 is 5.91 Å². The van der Waals surface area contributed by atoms with Crippen LogP contribution in [0.3, 0.4) is 0 Å². The van der Waals surface area contributed by atoms with Crippen LogP contribution in [-0.2, 0) is 11.2 Å². The smallest absolute Gasteiger partial charge is 0.223 e. The predicted molar refractivity (Wildman–Crippen MR) is 86.8 cm³/mol. The molecule has 5 nitrogen and oxygen atoms in total. The number of benzene rings is 1. The Morgan fingerprint density at radius 2 is 2.17 bits per heavy atom. The lowest BCUT2D eigenvalue weighted by atomic mass is 10.1. The van der Waals surface area contributed by atoms with Gasteiger partial charge < -0.3 is 14.4 Å². The molecule has 1 aromatic carbocycles. The molecule has 0 aliphatic carbocycles. The third-order valence-electron chi connectivity index (χ3n) is 4.19. The third-order valence-corrected chi connectivity index (χ3v) is 4.19. The van der Waals surface area contributed by atoms with Crippen molar-refractivity contribution in [3.8, 4) is 11.3 Å². The first kappa shape index (κ1) is 15.7. The van der Waals surface area contributed by atoms with Gasteiger partial charge in [0.05, 0.1) is 12.3 Å². The largest absolute Gasteiger partial charge is 0.441 e. The van der Waals surface area contributed by atoms with Crippen LogP contribution >= 0.6 is 0 Å². The molecule has 0 bridgehead atoms. The summed E-state index contributed by atoms with van der Waals surface area (Å²) in [5, 5.41) is 9.64. The Bertz CT molecular complexity index is 663. The van der Waals surface area contributed by atoms with Gasteiger partial charge in [-0.1, -0.05) is 29.8 Å². The fraction of sp³-hybridized carbons (Fsp3) is 0.444. The normalized spacial score (nSPS) is 18.2. The first-order valence-electron chi connectivity index (χ1n) is 8.09. The van der Waals surface area contributed by atoms with Gasteiger partial charge in [0.1, 0.15) is 0 Å². The average Bonchev–Trinajstić information content (AvgIpc) is 3.02. The number of aliphatic hydroxyl groups is 1. The van der Waals surface area contributed by atoms with E-state index in [1.54, 1.807) is 11.1 Å². The van der Waals surface area contributed by atoms with Crippen molar-refractivity contribution in [2.24, 2.45) is 0 Å². The zero-order valence-corrected chi connectivity index (χ0v) is 13.4. The quantitative estimate of drug-likeness (QED) is 0.942. The zero-order chi connectivity index (χ0) is 16.2. The highest BCUT2D eigenvalue weighted by atomic mass is 16.4. The average molecular weight is 314 g/mol. The molecule has 1 N–H and O–H groups in total. The fourth-order valence-electron chi connectivity index (χ4n) is 2.83. The molecular formula is C18H22N2O3. The van der Waals surface area contributed by atoms with E-state index in [9.17, 15) is 9.90 Å². The van der Waals surface area contributed by atoms with Gasteiger partial charge in [0.2, 0.25) is 5.91 Å². The monoisotopic (exact) mass is 314 g/mol. The number of hydrogen-bond donors (Lipinski definition) is 1. The molecular weight excluding hydrogens is 292 g/mol. The van der Waals surface area contributed by atoms with Gasteiger partial charge in [-0.3, -0.25) is 4.79 Å². The first-order valence-corrected chi connectivity index (χ1v) is 8.09. The van der Waals surface area contributed by atoms with Gasteiger partial charge in [0.25, 0.3) is 0 Å². The highest BCUT2D eigenvalue weighted by Crippen LogP contribution is 2.21. The molecule has 2 aromatic rings. The minimum Gasteiger partial charge on any atom is -0.441 e. The molecule has 1 amide bonds. The Labute approximate surface area is 135 Å². The number of hydrogen-bond acceptors (Lipinski definition) is 4. The van der Waals surface area contributed by atoms with E-state index in [2.05, 4.69) is 4.98 Å². The van der Waals surface area contributed by atoms with Crippen molar-refractivity contribution in [3.05, 3.63) is 41.9 Å². The Hall–Kier alpha value is -2.14. The second kappa shape index (κ2) is 6.96. The lowest BCUT2D eigenvalue weighted by Gasteiger charge is -2.30. The van der Waals surface area contributed by atoms with E-state index in [1.807, 2.05) is 31.2 Å². The number of carbonyl (C=O) groups excluding carboxylic acids is 1. The number of rotatable bonds is 4. The molecule has 1 aliphatic rings. The number of β-amino-alcohol motifs (C(OH)–C–C–N with tert-alkyl or cyclic N) is 1. The first-order chi connectivity index (χ1) is 11.1. The number of carbonyl (C=O) groups is 1. The number of nitrogens with zero attached hydrogens (tertiary/aromatic N) is 2. The SMILES string of the molecule is Cc1ccc(-c2cnc(CCC(=O)N3CCCC(O)C3)o2)cc1. The topological polar surface area (TPSA) is 66.6 Å². The summed E-state index contributed by atoms with van der Waals surface area (Å²) in [6, 6.07) is 8.06. The lowest BCUT2D eigenvalue weighted by Crippen LogP contribution is -2.42. The van der Waals surface area contributed by atoms with Crippen LogP contribution in [0.4, 0.5) is 0 Å². The fourth-order valence-corrected chi connectivity index (χ4v) is 2.83. The van der Waals surface area contributed by atoms with Gasteiger partial charge in [0.15, 0.2) is 11.7 Å². The highest BCUT2D eigenvalue weighted by molar-refractivity contribution is 5.76. The van der Waals surface area contributed by atoms with E-state index in [4.69, 9.17) is 4.42 Å². The summed E-state index contributed by atoms with van der Waals surface area (Å²) in [5.74, 6) is 1.35. The molecule has 23 heavy (non-hydrogen) atoms. The van der Waals surface area contributed by atoms with Crippen LogP contribution in [0.5, 0.6) is 0 Å². The van der Waals surface area contributed by atoms with Crippen molar-refractivity contribution in [2.75, 3.05) is 13.1 Å². The maximum atomic E-state index is 12.2. The summed E-state index contributed by atoms with van der Waals surface area (Å²) in [5.41, 5.74) is 2.18. The molecule has 0 spiro atoms. The van der Waals surface area contributed by atoms with E-state index in [0.717, 1.165) is 30.7 Å². The molecule has 1 aromatic heterocycles. The van der Waals surface area contributed by atoms with Crippen LogP contribution < -0.4 is 0 Å². The van der Waals surface area contributed by atoms with Crippen molar-refractivity contribution in [3.63, 3.8) is 0 Å². The highest BCUT2D eigenvalue weighted by Gasteiger charge is 2.22. The van der Waals surface area contributed by atoms with Gasteiger partial charge in [-0.15, -0.1) is 0 Å². The van der Waals surface area contributed by atoms with Gasteiger partial charge in [-0.2, -0.15) is 0 Å². The van der Waals surface area contributed by atoms with Crippen LogP contribution in [0.1, 0.15) is 30.7 Å². The summed E-state index contributed by atoms with van der Waals surface area (Å²) in [6.07, 6.45) is 3.81. The van der Waals surface area contributed by atoms with Crippen molar-refractivity contribution in [1.82, 2.24) is 9.88 Å². The Morgan fingerprint density at radius 1 is 1.39 bits per heavy atom. The number of aryl methyl sites for hydroxylation is 2. The summed E-state index contributed by atoms with van der Waals surface area (Å²) < 4.78 is 5.74.